The van der Waals surface area contributed by atoms with E-state index < -0.39 is 0 Å². The lowest BCUT2D eigenvalue weighted by atomic mass is 9.79. The van der Waals surface area contributed by atoms with Crippen LogP contribution in [-0.2, 0) is 0 Å². The molecule has 0 heterocycles. The molecule has 0 amide bonds. The van der Waals surface area contributed by atoms with Crippen molar-refractivity contribution in [1.82, 2.24) is 0 Å². The van der Waals surface area contributed by atoms with Crippen molar-refractivity contribution in [2.24, 2.45) is 10.6 Å². The lowest BCUT2D eigenvalue weighted by molar-refractivity contribution is 0.261. The molecule has 0 bridgehead atoms. The summed E-state index contributed by atoms with van der Waals surface area (Å²) in [6, 6.07) is 0. The minimum absolute atomic E-state index is 0.174. The Morgan fingerprint density at radius 2 is 0.864 bits per heavy atom. The van der Waals surface area contributed by atoms with Gasteiger partial charge >= 0.3 is 0 Å². The first-order valence-corrected chi connectivity index (χ1v) is 10.1. The van der Waals surface area contributed by atoms with Gasteiger partial charge in [-0.05, 0) is 18.3 Å². The molecule has 0 aromatic heterocycles. The van der Waals surface area contributed by atoms with E-state index in [-0.39, 0.29) is 5.41 Å². The molecule has 0 radical (unpaired) electrons. The highest BCUT2D eigenvalue weighted by molar-refractivity contribution is 4.77. The summed E-state index contributed by atoms with van der Waals surface area (Å²) in [4.78, 5) is 10.8. The van der Waals surface area contributed by atoms with Crippen LogP contribution in [-0.4, -0.2) is 6.54 Å². The molecule has 0 spiro atoms. The van der Waals surface area contributed by atoms with Gasteiger partial charge in [0.1, 0.15) is 0 Å². The van der Waals surface area contributed by atoms with Crippen molar-refractivity contribution in [2.75, 3.05) is 6.54 Å². The first kappa shape index (κ1) is 19.6. The molecule has 0 N–H and O–H groups in total. The lowest BCUT2D eigenvalue weighted by Gasteiger charge is -2.26. The second-order valence-corrected chi connectivity index (χ2v) is 7.90. The van der Waals surface area contributed by atoms with Crippen LogP contribution >= 0.6 is 0 Å². The standard InChI is InChI=1S/C20H39NO/c1-20(19-21-22)17-15-13-11-9-7-5-3-2-4-6-8-10-12-14-16-18-20/h2-19H2,1H3. The molecule has 0 atom stereocenters. The molecule has 0 aromatic carbocycles. The van der Waals surface area contributed by atoms with E-state index in [0.29, 0.717) is 6.54 Å². The first-order valence-electron chi connectivity index (χ1n) is 10.1. The Morgan fingerprint density at radius 3 is 1.14 bits per heavy atom. The molecule has 1 fully saturated rings. The average molecular weight is 310 g/mol. The van der Waals surface area contributed by atoms with Crippen LogP contribution < -0.4 is 0 Å². The molecular formula is C20H39NO. The Bertz CT molecular complexity index is 246. The predicted octanol–water partition coefficient (Wildman–Crippen LogP) is 7.40. The van der Waals surface area contributed by atoms with Crippen molar-refractivity contribution in [1.29, 1.82) is 0 Å². The van der Waals surface area contributed by atoms with Crippen molar-refractivity contribution in [3.8, 4) is 0 Å². The molecule has 1 saturated carbocycles. The van der Waals surface area contributed by atoms with Gasteiger partial charge in [-0.3, -0.25) is 0 Å². The third-order valence-corrected chi connectivity index (χ3v) is 5.51. The minimum Gasteiger partial charge on any atom is -0.151 e. The van der Waals surface area contributed by atoms with Gasteiger partial charge in [0.25, 0.3) is 0 Å². The summed E-state index contributed by atoms with van der Waals surface area (Å²) in [7, 11) is 0. The number of hydrogen-bond donors (Lipinski definition) is 0. The Labute approximate surface area is 138 Å². The van der Waals surface area contributed by atoms with Gasteiger partial charge in [0, 0.05) is 0 Å². The van der Waals surface area contributed by atoms with E-state index in [1.165, 1.54) is 109 Å². The van der Waals surface area contributed by atoms with Gasteiger partial charge < -0.3 is 0 Å². The summed E-state index contributed by atoms with van der Waals surface area (Å²) in [5, 5.41) is 3.23. The zero-order valence-corrected chi connectivity index (χ0v) is 15.1. The molecule has 22 heavy (non-hydrogen) atoms. The molecule has 1 rings (SSSR count). The smallest absolute Gasteiger partial charge is 0.0864 e. The molecule has 130 valence electrons. The molecule has 1 aliphatic carbocycles. The Hall–Kier alpha value is -0.400. The second kappa shape index (κ2) is 13.1. The van der Waals surface area contributed by atoms with Gasteiger partial charge in [-0.2, -0.15) is 4.91 Å². The number of rotatable bonds is 2. The number of nitrogens with zero attached hydrogens (tertiary/aromatic N) is 1. The second-order valence-electron chi connectivity index (χ2n) is 7.90. The molecular weight excluding hydrogens is 270 g/mol. The summed E-state index contributed by atoms with van der Waals surface area (Å²) in [5.74, 6) is 0. The predicted molar refractivity (Wildman–Crippen MR) is 97.3 cm³/mol. The maximum absolute atomic E-state index is 10.8. The van der Waals surface area contributed by atoms with Crippen LogP contribution in [0, 0.1) is 10.3 Å². The fraction of sp³-hybridized carbons (Fsp3) is 1.00. The van der Waals surface area contributed by atoms with Crippen LogP contribution in [0.3, 0.4) is 0 Å². The zero-order valence-electron chi connectivity index (χ0n) is 15.1. The van der Waals surface area contributed by atoms with E-state index in [2.05, 4.69) is 12.1 Å². The first-order chi connectivity index (χ1) is 10.8. The Morgan fingerprint density at radius 1 is 0.591 bits per heavy atom. The average Bonchev–Trinajstić information content (AvgIpc) is 2.50. The third kappa shape index (κ3) is 10.3. The van der Waals surface area contributed by atoms with Crippen molar-refractivity contribution < 1.29 is 0 Å². The van der Waals surface area contributed by atoms with E-state index >= 15 is 0 Å². The van der Waals surface area contributed by atoms with Crippen LogP contribution in [0.5, 0.6) is 0 Å². The van der Waals surface area contributed by atoms with Crippen LogP contribution in [0.25, 0.3) is 0 Å². The van der Waals surface area contributed by atoms with Gasteiger partial charge in [0.15, 0.2) is 0 Å². The summed E-state index contributed by atoms with van der Waals surface area (Å²) < 4.78 is 0. The lowest BCUT2D eigenvalue weighted by Crippen LogP contribution is -2.20. The largest absolute Gasteiger partial charge is 0.151 e. The van der Waals surface area contributed by atoms with Crippen molar-refractivity contribution in [2.45, 2.75) is 116 Å². The highest BCUT2D eigenvalue weighted by atomic mass is 16.3. The Balaban J connectivity index is 2.31. The summed E-state index contributed by atoms with van der Waals surface area (Å²) >= 11 is 0. The van der Waals surface area contributed by atoms with Crippen molar-refractivity contribution in [3.05, 3.63) is 4.91 Å². The summed E-state index contributed by atoms with van der Waals surface area (Å²) in [6.45, 7) is 2.81. The van der Waals surface area contributed by atoms with Crippen LogP contribution in [0.4, 0.5) is 0 Å². The molecule has 1 aliphatic rings. The quantitative estimate of drug-likeness (QED) is 0.488. The minimum atomic E-state index is 0.174. The summed E-state index contributed by atoms with van der Waals surface area (Å²) in [6.07, 6.45) is 23.3. The van der Waals surface area contributed by atoms with E-state index in [9.17, 15) is 4.91 Å². The van der Waals surface area contributed by atoms with Gasteiger partial charge in [-0.15, -0.1) is 0 Å². The van der Waals surface area contributed by atoms with E-state index in [0.717, 1.165) is 0 Å². The van der Waals surface area contributed by atoms with Crippen molar-refractivity contribution in [3.63, 3.8) is 0 Å². The number of nitroso groups, excluding NO2 is 1. The van der Waals surface area contributed by atoms with Crippen LogP contribution in [0.15, 0.2) is 5.18 Å². The molecule has 0 saturated heterocycles. The highest BCUT2D eigenvalue weighted by Crippen LogP contribution is 2.32. The SMILES string of the molecule is CC1(CN=O)CCCCCCCCCCCCCCCCC1. The van der Waals surface area contributed by atoms with E-state index in [4.69, 9.17) is 0 Å². The van der Waals surface area contributed by atoms with Gasteiger partial charge in [0.2, 0.25) is 0 Å². The molecule has 0 aromatic rings. The topological polar surface area (TPSA) is 29.4 Å². The molecule has 2 heteroatoms. The maximum Gasteiger partial charge on any atom is 0.0864 e. The summed E-state index contributed by atoms with van der Waals surface area (Å²) in [5.41, 5.74) is 0.174. The van der Waals surface area contributed by atoms with Gasteiger partial charge in [-0.25, -0.2) is 0 Å². The maximum atomic E-state index is 10.8. The highest BCUT2D eigenvalue weighted by Gasteiger charge is 2.23. The monoisotopic (exact) mass is 309 g/mol. The van der Waals surface area contributed by atoms with Crippen LogP contribution in [0.2, 0.25) is 0 Å². The van der Waals surface area contributed by atoms with Gasteiger partial charge in [-0.1, -0.05) is 108 Å². The van der Waals surface area contributed by atoms with Crippen molar-refractivity contribution >= 4 is 0 Å². The fourth-order valence-electron chi connectivity index (χ4n) is 3.84. The zero-order chi connectivity index (χ0) is 15.9. The molecule has 0 unspecified atom stereocenters. The molecule has 0 aliphatic heterocycles. The van der Waals surface area contributed by atoms with E-state index in [1.807, 2.05) is 0 Å². The van der Waals surface area contributed by atoms with E-state index in [1.54, 1.807) is 0 Å². The van der Waals surface area contributed by atoms with Gasteiger partial charge in [0.05, 0.1) is 6.54 Å². The normalized spacial score (nSPS) is 24.0. The third-order valence-electron chi connectivity index (χ3n) is 5.51. The van der Waals surface area contributed by atoms with Crippen LogP contribution in [0.1, 0.15) is 116 Å². The Kier molecular flexibility index (Phi) is 11.7. The number of hydrogen-bond acceptors (Lipinski definition) is 2. The fourth-order valence-corrected chi connectivity index (χ4v) is 3.84. The molecule has 2 nitrogen and oxygen atoms in total.